The van der Waals surface area contributed by atoms with Crippen molar-refractivity contribution in [3.63, 3.8) is 0 Å². The smallest absolute Gasteiger partial charge is 0.243 e. The summed E-state index contributed by atoms with van der Waals surface area (Å²) < 4.78 is 29.1. The molecule has 0 atom stereocenters. The number of hydrogen-bond acceptors (Lipinski definition) is 5. The lowest BCUT2D eigenvalue weighted by atomic mass is 10.3. The number of amides is 1. The minimum Gasteiger partial charge on any atom is -0.340 e. The minimum atomic E-state index is -3.52. The minimum absolute atomic E-state index is 0.00353. The largest absolute Gasteiger partial charge is 0.340 e. The fraction of sp³-hybridized carbons (Fsp3) is 0.400. The van der Waals surface area contributed by atoms with Gasteiger partial charge in [-0.15, -0.1) is 0 Å². The van der Waals surface area contributed by atoms with Crippen LogP contribution in [0.1, 0.15) is 6.42 Å². The summed E-state index contributed by atoms with van der Waals surface area (Å²) in [5.41, 5.74) is 0. The zero-order chi connectivity index (χ0) is 17.9. The van der Waals surface area contributed by atoms with Gasteiger partial charge < -0.3 is 4.90 Å². The normalized spacial score (nSPS) is 16.1. The maximum Gasteiger partial charge on any atom is 0.243 e. The molecule has 0 unspecified atom stereocenters. The number of hydrogen-bond donors (Lipinski definition) is 0. The highest BCUT2D eigenvalue weighted by Crippen LogP contribution is 2.20. The fourth-order valence-corrected chi connectivity index (χ4v) is 4.34. The molecular weight excluding hydrogens is 410 g/mol. The molecule has 0 radical (unpaired) electrons. The third-order valence-corrected chi connectivity index (χ3v) is 6.51. The van der Waals surface area contributed by atoms with Crippen LogP contribution in [0.4, 0.5) is 0 Å². The first kappa shape index (κ1) is 18.0. The van der Waals surface area contributed by atoms with Crippen molar-refractivity contribution in [1.29, 1.82) is 0 Å². The average Bonchev–Trinajstić information content (AvgIpc) is 3.14. The van der Waals surface area contributed by atoms with Gasteiger partial charge in [0.25, 0.3) is 0 Å². The van der Waals surface area contributed by atoms with Crippen molar-refractivity contribution in [3.8, 4) is 0 Å². The van der Waals surface area contributed by atoms with E-state index in [0.29, 0.717) is 39.1 Å². The van der Waals surface area contributed by atoms with Gasteiger partial charge in [0, 0.05) is 37.1 Å². The Morgan fingerprint density at radius 1 is 1.12 bits per heavy atom. The Hall–Kier alpha value is -1.78. The van der Waals surface area contributed by atoms with E-state index < -0.39 is 10.0 Å². The quantitative estimate of drug-likeness (QED) is 0.708. The third kappa shape index (κ3) is 4.25. The monoisotopic (exact) mass is 427 g/mol. The second-order valence-electron chi connectivity index (χ2n) is 5.65. The first-order chi connectivity index (χ1) is 12.0. The Kier molecular flexibility index (Phi) is 5.50. The Bertz CT molecular complexity index is 815. The van der Waals surface area contributed by atoms with Crippen molar-refractivity contribution in [3.05, 3.63) is 41.4 Å². The number of sulfonamides is 1. The number of carbonyl (C=O) groups is 1. The van der Waals surface area contributed by atoms with Crippen LogP contribution >= 0.6 is 15.9 Å². The van der Waals surface area contributed by atoms with Gasteiger partial charge in [0.2, 0.25) is 15.9 Å². The summed E-state index contributed by atoms with van der Waals surface area (Å²) in [5, 5.41) is 3.96. The molecule has 0 bridgehead atoms. The summed E-state index contributed by atoms with van der Waals surface area (Å²) in [6.07, 6.45) is 3.31. The van der Waals surface area contributed by atoms with Crippen molar-refractivity contribution >= 4 is 31.9 Å². The lowest BCUT2D eigenvalue weighted by Gasteiger charge is -2.34. The number of carbonyl (C=O) groups excluding carboxylic acids is 1. The number of aryl methyl sites for hydroxylation is 1. The van der Waals surface area contributed by atoms with Crippen LogP contribution in [0.5, 0.6) is 0 Å². The number of rotatable bonds is 5. The lowest BCUT2D eigenvalue weighted by Crippen LogP contribution is -2.50. The summed E-state index contributed by atoms with van der Waals surface area (Å²) in [4.78, 5) is 18.0. The molecule has 134 valence electrons. The average molecular weight is 428 g/mol. The van der Waals surface area contributed by atoms with Gasteiger partial charge in [-0.1, -0.05) is 15.9 Å². The van der Waals surface area contributed by atoms with Crippen molar-refractivity contribution < 1.29 is 13.2 Å². The van der Waals surface area contributed by atoms with E-state index >= 15 is 0 Å². The van der Waals surface area contributed by atoms with Crippen molar-refractivity contribution in [2.24, 2.45) is 0 Å². The van der Waals surface area contributed by atoms with Gasteiger partial charge in [0.15, 0.2) is 0 Å². The molecule has 8 nitrogen and oxygen atoms in total. The summed E-state index contributed by atoms with van der Waals surface area (Å²) >= 11 is 3.30. The van der Waals surface area contributed by atoms with Crippen LogP contribution in [0.2, 0.25) is 0 Å². The molecule has 2 aromatic rings. The summed E-state index contributed by atoms with van der Waals surface area (Å²) in [7, 11) is -3.52. The van der Waals surface area contributed by atoms with Gasteiger partial charge >= 0.3 is 0 Å². The van der Waals surface area contributed by atoms with Gasteiger partial charge in [-0.25, -0.2) is 13.4 Å². The maximum atomic E-state index is 12.6. The number of halogens is 1. The second-order valence-corrected chi connectivity index (χ2v) is 8.50. The van der Waals surface area contributed by atoms with Crippen LogP contribution in [0.3, 0.4) is 0 Å². The van der Waals surface area contributed by atoms with Crippen LogP contribution in [0.15, 0.2) is 46.3 Å². The molecule has 25 heavy (non-hydrogen) atoms. The van der Waals surface area contributed by atoms with E-state index in [1.807, 2.05) is 0 Å². The first-order valence-electron chi connectivity index (χ1n) is 7.83. The number of nitrogens with zero attached hydrogens (tertiary/aromatic N) is 5. The van der Waals surface area contributed by atoms with E-state index in [9.17, 15) is 13.2 Å². The fourth-order valence-electron chi connectivity index (χ4n) is 2.65. The third-order valence-electron chi connectivity index (χ3n) is 4.06. The summed E-state index contributed by atoms with van der Waals surface area (Å²) in [5.74, 6) is -0.00353. The second kappa shape index (κ2) is 7.63. The summed E-state index contributed by atoms with van der Waals surface area (Å²) in [6, 6.07) is 6.57. The SMILES string of the molecule is O=C(CCn1cncn1)N1CCN(S(=O)(=O)c2ccc(Br)cc2)CC1. The molecule has 1 fully saturated rings. The van der Waals surface area contributed by atoms with E-state index in [1.165, 1.54) is 10.6 Å². The molecule has 0 spiro atoms. The first-order valence-corrected chi connectivity index (χ1v) is 10.1. The van der Waals surface area contributed by atoms with Crippen molar-refractivity contribution in [1.82, 2.24) is 24.0 Å². The Balaban J connectivity index is 1.55. The summed E-state index contributed by atoms with van der Waals surface area (Å²) in [6.45, 7) is 1.86. The predicted octanol–water partition coefficient (Wildman–Crippen LogP) is 0.964. The van der Waals surface area contributed by atoms with Crippen molar-refractivity contribution in [2.45, 2.75) is 17.9 Å². The standard InChI is InChI=1S/C15H18BrN5O3S/c16-13-1-3-14(4-2-13)25(23,24)21-9-7-19(8-10-21)15(22)5-6-20-12-17-11-18-20/h1-4,11-12H,5-10H2. The predicted molar refractivity (Wildman–Crippen MR) is 94.1 cm³/mol. The molecule has 2 heterocycles. The highest BCUT2D eigenvalue weighted by Gasteiger charge is 2.29. The molecule has 1 aliphatic rings. The van der Waals surface area contributed by atoms with E-state index in [2.05, 4.69) is 26.0 Å². The van der Waals surface area contributed by atoms with Gasteiger partial charge in [-0.3, -0.25) is 9.48 Å². The van der Waals surface area contributed by atoms with Crippen LogP contribution in [-0.4, -0.2) is 64.5 Å². The van der Waals surface area contributed by atoms with Crippen LogP contribution in [0.25, 0.3) is 0 Å². The van der Waals surface area contributed by atoms with Crippen LogP contribution in [0, 0.1) is 0 Å². The molecule has 3 rings (SSSR count). The molecule has 0 N–H and O–H groups in total. The molecular formula is C15H18BrN5O3S. The van der Waals surface area contributed by atoms with E-state index in [0.717, 1.165) is 4.47 Å². The Morgan fingerprint density at radius 3 is 2.40 bits per heavy atom. The Labute approximate surface area is 154 Å². The highest BCUT2D eigenvalue weighted by molar-refractivity contribution is 9.10. The molecule has 1 aromatic heterocycles. The number of piperazine rings is 1. The molecule has 1 aromatic carbocycles. The van der Waals surface area contributed by atoms with E-state index in [4.69, 9.17) is 0 Å². The van der Waals surface area contributed by atoms with Gasteiger partial charge in [-0.2, -0.15) is 9.40 Å². The molecule has 0 saturated carbocycles. The van der Waals surface area contributed by atoms with Gasteiger partial charge in [-0.05, 0) is 24.3 Å². The topological polar surface area (TPSA) is 88.4 Å². The molecule has 0 aliphatic carbocycles. The molecule has 1 amide bonds. The molecule has 1 aliphatic heterocycles. The number of aromatic nitrogens is 3. The van der Waals surface area contributed by atoms with E-state index in [1.54, 1.807) is 40.2 Å². The van der Waals surface area contributed by atoms with Crippen LogP contribution in [-0.2, 0) is 21.4 Å². The van der Waals surface area contributed by atoms with Crippen LogP contribution < -0.4 is 0 Å². The molecule has 10 heteroatoms. The number of benzene rings is 1. The van der Waals surface area contributed by atoms with Crippen molar-refractivity contribution in [2.75, 3.05) is 26.2 Å². The molecule has 1 saturated heterocycles. The van der Waals surface area contributed by atoms with Gasteiger partial charge in [0.05, 0.1) is 11.4 Å². The van der Waals surface area contributed by atoms with E-state index in [-0.39, 0.29) is 10.8 Å². The van der Waals surface area contributed by atoms with Gasteiger partial charge in [0.1, 0.15) is 12.7 Å². The zero-order valence-corrected chi connectivity index (χ0v) is 15.9. The maximum absolute atomic E-state index is 12.6. The highest BCUT2D eigenvalue weighted by atomic mass is 79.9. The zero-order valence-electron chi connectivity index (χ0n) is 13.5. The Morgan fingerprint density at radius 2 is 1.80 bits per heavy atom. The lowest BCUT2D eigenvalue weighted by molar-refractivity contribution is -0.132.